The number of aromatic nitrogens is 2. The summed E-state index contributed by atoms with van der Waals surface area (Å²) in [6.07, 6.45) is 0. The molecule has 0 fully saturated rings. The first kappa shape index (κ1) is 20.2. The van der Waals surface area contributed by atoms with Crippen molar-refractivity contribution in [2.24, 2.45) is 0 Å². The highest BCUT2D eigenvalue weighted by molar-refractivity contribution is 9.10. The number of nitrogens with one attached hydrogen (secondary N) is 2. The summed E-state index contributed by atoms with van der Waals surface area (Å²) in [6.45, 7) is 0. The third-order valence-electron chi connectivity index (χ3n) is 3.24. The van der Waals surface area contributed by atoms with Gasteiger partial charge in [-0.25, -0.2) is 0 Å². The number of anilines is 3. The molecular weight excluding hydrogens is 473 g/mol. The quantitative estimate of drug-likeness (QED) is 0.281. The van der Waals surface area contributed by atoms with Crippen LogP contribution in [0.15, 0.2) is 51.3 Å². The van der Waals surface area contributed by atoms with Gasteiger partial charge in [-0.05, 0) is 30.3 Å². The molecule has 2 N–H and O–H groups in total. The summed E-state index contributed by atoms with van der Waals surface area (Å²) in [5.74, 6) is -1.34. The molecule has 0 saturated carbocycles. The van der Waals surface area contributed by atoms with Crippen LogP contribution in [-0.2, 0) is 4.79 Å². The minimum atomic E-state index is -0.961. The van der Waals surface area contributed by atoms with Crippen molar-refractivity contribution in [1.82, 2.24) is 10.2 Å². The van der Waals surface area contributed by atoms with E-state index < -0.39 is 22.3 Å². The number of amides is 1. The molecule has 8 nitrogen and oxygen atoms in total. The van der Waals surface area contributed by atoms with Crippen LogP contribution in [0.5, 0.6) is 0 Å². The third kappa shape index (κ3) is 5.47. The van der Waals surface area contributed by atoms with E-state index in [1.165, 1.54) is 29.2 Å². The fraction of sp³-hybridized carbons (Fsp3) is 0.0625. The lowest BCUT2D eigenvalue weighted by molar-refractivity contribution is -0.387. The molecule has 0 unspecified atom stereocenters. The maximum absolute atomic E-state index is 13.3. The number of halogens is 2. The number of nitro groups is 1. The average Bonchev–Trinajstić information content (AvgIpc) is 3.09. The molecular formula is C16H11BrFN5O3S2. The van der Waals surface area contributed by atoms with Crippen molar-refractivity contribution in [2.45, 2.75) is 4.34 Å². The zero-order valence-corrected chi connectivity index (χ0v) is 17.1. The van der Waals surface area contributed by atoms with Gasteiger partial charge in [0.05, 0.1) is 10.7 Å². The smallest absolute Gasteiger partial charge is 0.306 e. The molecule has 3 aromatic rings. The number of thioether (sulfide) groups is 1. The van der Waals surface area contributed by atoms with Gasteiger partial charge in [-0.2, -0.15) is 4.39 Å². The molecule has 0 radical (unpaired) electrons. The molecule has 0 bridgehead atoms. The monoisotopic (exact) mass is 483 g/mol. The predicted octanol–water partition coefficient (Wildman–Crippen LogP) is 4.82. The highest BCUT2D eigenvalue weighted by Gasteiger charge is 2.16. The number of benzene rings is 2. The molecule has 1 amide bonds. The summed E-state index contributed by atoms with van der Waals surface area (Å²) >= 11 is 5.84. The van der Waals surface area contributed by atoms with E-state index in [-0.39, 0.29) is 11.4 Å². The lowest BCUT2D eigenvalue weighted by Gasteiger charge is -2.04. The van der Waals surface area contributed by atoms with Crippen molar-refractivity contribution >= 4 is 67.1 Å². The number of hydrogen-bond acceptors (Lipinski definition) is 8. The number of hydrogen-bond donors (Lipinski definition) is 2. The average molecular weight is 484 g/mol. The van der Waals surface area contributed by atoms with Gasteiger partial charge in [0.15, 0.2) is 4.34 Å². The van der Waals surface area contributed by atoms with Crippen molar-refractivity contribution < 1.29 is 14.1 Å². The van der Waals surface area contributed by atoms with E-state index in [0.29, 0.717) is 9.47 Å². The first-order valence-corrected chi connectivity index (χ1v) is 10.2. The van der Waals surface area contributed by atoms with Crippen molar-refractivity contribution in [1.29, 1.82) is 0 Å². The second-order valence-corrected chi connectivity index (χ2v) is 8.38. The second-order valence-electron chi connectivity index (χ2n) is 5.27. The molecule has 1 aromatic heterocycles. The number of carbonyl (C=O) groups is 1. The van der Waals surface area contributed by atoms with Crippen LogP contribution in [0.3, 0.4) is 0 Å². The summed E-state index contributed by atoms with van der Waals surface area (Å²) < 4.78 is 14.8. The molecule has 0 atom stereocenters. The van der Waals surface area contributed by atoms with Crippen molar-refractivity contribution in [3.8, 4) is 0 Å². The summed E-state index contributed by atoms with van der Waals surface area (Å²) in [4.78, 5) is 21.9. The highest BCUT2D eigenvalue weighted by atomic mass is 79.9. The van der Waals surface area contributed by atoms with Crippen LogP contribution in [0.25, 0.3) is 0 Å². The Kier molecular flexibility index (Phi) is 6.54. The molecule has 0 aliphatic rings. The Balaban J connectivity index is 1.54. The molecule has 28 heavy (non-hydrogen) atoms. The zero-order chi connectivity index (χ0) is 20.1. The minimum absolute atomic E-state index is 0.0245. The topological polar surface area (TPSA) is 110 Å². The van der Waals surface area contributed by atoms with Gasteiger partial charge in [0, 0.05) is 21.9 Å². The third-order valence-corrected chi connectivity index (χ3v) is 5.70. The van der Waals surface area contributed by atoms with Gasteiger partial charge in [-0.1, -0.05) is 45.1 Å². The predicted molar refractivity (Wildman–Crippen MR) is 110 cm³/mol. The van der Waals surface area contributed by atoms with E-state index in [1.54, 1.807) is 0 Å². The number of carbonyl (C=O) groups excluding carboxylic acids is 1. The minimum Gasteiger partial charge on any atom is -0.330 e. The molecule has 12 heteroatoms. The maximum atomic E-state index is 13.3. The van der Waals surface area contributed by atoms with Crippen LogP contribution in [0.4, 0.5) is 26.6 Å². The van der Waals surface area contributed by atoms with Crippen LogP contribution in [0.2, 0.25) is 0 Å². The number of nitrogens with zero attached hydrogens (tertiary/aromatic N) is 3. The summed E-state index contributed by atoms with van der Waals surface area (Å²) in [6, 6.07) is 10.7. The molecule has 3 rings (SSSR count). The number of rotatable bonds is 7. The fourth-order valence-electron chi connectivity index (χ4n) is 2.06. The summed E-state index contributed by atoms with van der Waals surface area (Å²) in [7, 11) is 0. The Morgan fingerprint density at radius 2 is 2.07 bits per heavy atom. The first-order chi connectivity index (χ1) is 13.4. The molecule has 144 valence electrons. The van der Waals surface area contributed by atoms with Crippen molar-refractivity contribution in [2.75, 3.05) is 16.4 Å². The highest BCUT2D eigenvalue weighted by Crippen LogP contribution is 2.29. The molecule has 0 aliphatic carbocycles. The Morgan fingerprint density at radius 1 is 1.25 bits per heavy atom. The van der Waals surface area contributed by atoms with Gasteiger partial charge >= 0.3 is 5.69 Å². The Morgan fingerprint density at radius 3 is 2.82 bits per heavy atom. The van der Waals surface area contributed by atoms with Gasteiger partial charge < -0.3 is 10.6 Å². The van der Waals surface area contributed by atoms with Crippen LogP contribution in [-0.4, -0.2) is 26.8 Å². The van der Waals surface area contributed by atoms with E-state index in [2.05, 4.69) is 36.8 Å². The summed E-state index contributed by atoms with van der Waals surface area (Å²) in [5.41, 5.74) is 0.295. The number of nitro benzene ring substituents is 1. The fourth-order valence-corrected chi connectivity index (χ4v) is 4.03. The van der Waals surface area contributed by atoms with Gasteiger partial charge in [0.1, 0.15) is 0 Å². The normalized spacial score (nSPS) is 10.5. The molecule has 1 heterocycles. The van der Waals surface area contributed by atoms with Gasteiger partial charge in [-0.15, -0.1) is 10.2 Å². The summed E-state index contributed by atoms with van der Waals surface area (Å²) in [5, 5.41) is 25.0. The first-order valence-electron chi connectivity index (χ1n) is 7.63. The van der Waals surface area contributed by atoms with E-state index in [0.717, 1.165) is 22.3 Å². The lowest BCUT2D eigenvalue weighted by atomic mass is 10.2. The van der Waals surface area contributed by atoms with E-state index in [4.69, 9.17) is 0 Å². The molecule has 2 aromatic carbocycles. The Hall–Kier alpha value is -2.57. The molecule has 0 saturated heterocycles. The Bertz CT molecular complexity index is 1030. The van der Waals surface area contributed by atoms with E-state index in [1.807, 2.05) is 24.3 Å². The largest absolute Gasteiger partial charge is 0.330 e. The molecule has 0 spiro atoms. The van der Waals surface area contributed by atoms with Crippen LogP contribution in [0.1, 0.15) is 0 Å². The van der Waals surface area contributed by atoms with Crippen molar-refractivity contribution in [3.05, 3.63) is 62.9 Å². The maximum Gasteiger partial charge on any atom is 0.306 e. The second kappa shape index (κ2) is 9.08. The van der Waals surface area contributed by atoms with Gasteiger partial charge in [0.25, 0.3) is 0 Å². The van der Waals surface area contributed by atoms with E-state index in [9.17, 15) is 19.3 Å². The SMILES string of the molecule is O=C(CSc1nnc(Nc2cccc(Br)c2)s1)Nc1ccc(F)c([N+](=O)[O-])c1. The lowest BCUT2D eigenvalue weighted by Crippen LogP contribution is -2.14. The molecule has 0 aliphatic heterocycles. The zero-order valence-electron chi connectivity index (χ0n) is 13.9. The van der Waals surface area contributed by atoms with Gasteiger partial charge in [0.2, 0.25) is 16.9 Å². The van der Waals surface area contributed by atoms with Crippen LogP contribution < -0.4 is 10.6 Å². The van der Waals surface area contributed by atoms with E-state index >= 15 is 0 Å². The van der Waals surface area contributed by atoms with Crippen LogP contribution >= 0.6 is 39.0 Å². The van der Waals surface area contributed by atoms with Gasteiger partial charge in [-0.3, -0.25) is 14.9 Å². The standard InChI is InChI=1S/C16H11BrFN5O3S2/c17-9-2-1-3-10(6-9)20-15-21-22-16(28-15)27-8-14(24)19-11-4-5-12(18)13(7-11)23(25)26/h1-7H,8H2,(H,19,24)(H,20,21). The van der Waals surface area contributed by atoms with Crippen LogP contribution in [0, 0.1) is 15.9 Å². The van der Waals surface area contributed by atoms with Crippen molar-refractivity contribution in [3.63, 3.8) is 0 Å². The Labute approximate surface area is 174 Å².